The van der Waals surface area contributed by atoms with Gasteiger partial charge in [-0.25, -0.2) is 4.79 Å². The van der Waals surface area contributed by atoms with Crippen LogP contribution in [0.4, 0.5) is 0 Å². The van der Waals surface area contributed by atoms with Gasteiger partial charge in [0.25, 0.3) is 0 Å². The van der Waals surface area contributed by atoms with Crippen LogP contribution >= 0.6 is 0 Å². The predicted molar refractivity (Wildman–Crippen MR) is 94.4 cm³/mol. The highest BCUT2D eigenvalue weighted by Crippen LogP contribution is 2.40. The number of benzene rings is 1. The van der Waals surface area contributed by atoms with Crippen LogP contribution < -0.4 is 19.8 Å². The number of fused-ring (bicyclic) bond motifs is 1. The molecule has 0 aliphatic heterocycles. The first-order valence-electron chi connectivity index (χ1n) is 8.20. The number of hydrogen-bond acceptors (Lipinski definition) is 5. The van der Waals surface area contributed by atoms with Gasteiger partial charge < -0.3 is 18.6 Å². The second-order valence-corrected chi connectivity index (χ2v) is 7.22. The number of ether oxygens (including phenoxy) is 3. The van der Waals surface area contributed by atoms with Crippen LogP contribution in [0.3, 0.4) is 0 Å². The molecule has 0 spiro atoms. The largest absolute Gasteiger partial charge is 0.487 e. The van der Waals surface area contributed by atoms with Gasteiger partial charge in [0.1, 0.15) is 22.3 Å². The molecule has 5 nitrogen and oxygen atoms in total. The maximum Gasteiger partial charge on any atom is 0.383 e. The van der Waals surface area contributed by atoms with Crippen LogP contribution in [0.25, 0.3) is 11.0 Å². The summed E-state index contributed by atoms with van der Waals surface area (Å²) < 4.78 is 23.1. The summed E-state index contributed by atoms with van der Waals surface area (Å²) in [7, 11) is 0. The van der Waals surface area contributed by atoms with Gasteiger partial charge in [-0.2, -0.15) is 0 Å². The Morgan fingerprint density at radius 2 is 1.54 bits per heavy atom. The molecule has 0 saturated heterocycles. The van der Waals surface area contributed by atoms with E-state index >= 15 is 0 Å². The average molecular weight is 334 g/mol. The Labute approximate surface area is 142 Å². The van der Waals surface area contributed by atoms with E-state index in [2.05, 4.69) is 0 Å². The zero-order valence-corrected chi connectivity index (χ0v) is 15.4. The Morgan fingerprint density at radius 1 is 0.958 bits per heavy atom. The summed E-state index contributed by atoms with van der Waals surface area (Å²) in [6.45, 7) is 13.4. The van der Waals surface area contributed by atoms with Crippen LogP contribution in [0.5, 0.6) is 17.2 Å². The van der Waals surface area contributed by atoms with Crippen LogP contribution in [0.1, 0.15) is 48.5 Å². The Kier molecular flexibility index (Phi) is 5.11. The topological polar surface area (TPSA) is 57.9 Å². The van der Waals surface area contributed by atoms with Gasteiger partial charge in [0.15, 0.2) is 5.75 Å². The highest BCUT2D eigenvalue weighted by Gasteiger charge is 2.24. The van der Waals surface area contributed by atoms with E-state index in [1.165, 1.54) is 0 Å². The van der Waals surface area contributed by atoms with Gasteiger partial charge in [-0.05, 0) is 60.6 Å². The summed E-state index contributed by atoms with van der Waals surface area (Å²) in [6, 6.07) is 5.34. The van der Waals surface area contributed by atoms with Crippen molar-refractivity contribution in [2.45, 2.75) is 66.3 Å². The van der Waals surface area contributed by atoms with Crippen LogP contribution in [0, 0.1) is 0 Å². The van der Waals surface area contributed by atoms with Crippen molar-refractivity contribution in [1.82, 2.24) is 0 Å². The first-order valence-corrected chi connectivity index (χ1v) is 8.20. The molecule has 0 saturated carbocycles. The molecule has 1 aromatic heterocycles. The minimum atomic E-state index is -0.556. The molecule has 0 N–H and O–H groups in total. The summed E-state index contributed by atoms with van der Waals surface area (Å²) in [5, 5.41) is 0.608. The molecule has 0 fully saturated rings. The van der Waals surface area contributed by atoms with E-state index in [9.17, 15) is 4.79 Å². The lowest BCUT2D eigenvalue weighted by atomic mass is 10.1. The molecule has 1 aromatic carbocycles. The molecule has 0 aliphatic carbocycles. The normalized spacial score (nSPS) is 12.0. The summed E-state index contributed by atoms with van der Waals surface area (Å²) in [4.78, 5) is 12.4. The lowest BCUT2D eigenvalue weighted by Crippen LogP contribution is -2.23. The SMILES string of the molecule is CC(C)Oc1c(OC(C)C)c2c(OC(C)(C)C)cccc2oc1=O. The Hall–Kier alpha value is -2.17. The van der Waals surface area contributed by atoms with Crippen molar-refractivity contribution in [1.29, 1.82) is 0 Å². The summed E-state index contributed by atoms with van der Waals surface area (Å²) >= 11 is 0. The molecule has 1 heterocycles. The van der Waals surface area contributed by atoms with E-state index in [-0.39, 0.29) is 18.0 Å². The van der Waals surface area contributed by atoms with Crippen molar-refractivity contribution in [3.8, 4) is 17.2 Å². The van der Waals surface area contributed by atoms with E-state index in [0.29, 0.717) is 22.5 Å². The highest BCUT2D eigenvalue weighted by molar-refractivity contribution is 5.91. The lowest BCUT2D eigenvalue weighted by molar-refractivity contribution is 0.132. The van der Waals surface area contributed by atoms with Gasteiger partial charge in [0.05, 0.1) is 12.2 Å². The third-order valence-corrected chi connectivity index (χ3v) is 2.93. The van der Waals surface area contributed by atoms with Crippen LogP contribution in [-0.2, 0) is 0 Å². The van der Waals surface area contributed by atoms with Gasteiger partial charge in [-0.3, -0.25) is 0 Å². The Morgan fingerprint density at radius 3 is 2.08 bits per heavy atom. The molecule has 2 rings (SSSR count). The van der Waals surface area contributed by atoms with Crippen molar-refractivity contribution in [2.24, 2.45) is 0 Å². The minimum absolute atomic E-state index is 0.0798. The van der Waals surface area contributed by atoms with Crippen molar-refractivity contribution >= 4 is 11.0 Å². The van der Waals surface area contributed by atoms with Gasteiger partial charge >= 0.3 is 5.63 Å². The van der Waals surface area contributed by atoms with E-state index in [4.69, 9.17) is 18.6 Å². The molecular weight excluding hydrogens is 308 g/mol. The fourth-order valence-corrected chi connectivity index (χ4v) is 2.27. The minimum Gasteiger partial charge on any atom is -0.487 e. The lowest BCUT2D eigenvalue weighted by Gasteiger charge is -2.24. The molecule has 0 aliphatic rings. The van der Waals surface area contributed by atoms with Crippen molar-refractivity contribution in [3.63, 3.8) is 0 Å². The fourth-order valence-electron chi connectivity index (χ4n) is 2.27. The summed E-state index contributed by atoms with van der Waals surface area (Å²) in [5.41, 5.74) is -0.549. The average Bonchev–Trinajstić information content (AvgIpc) is 2.40. The molecule has 2 aromatic rings. The second-order valence-electron chi connectivity index (χ2n) is 7.22. The molecule has 0 radical (unpaired) electrons. The van der Waals surface area contributed by atoms with Crippen molar-refractivity contribution < 1.29 is 18.6 Å². The maximum atomic E-state index is 12.4. The predicted octanol–water partition coefficient (Wildman–Crippen LogP) is 4.54. The quantitative estimate of drug-likeness (QED) is 0.751. The third-order valence-electron chi connectivity index (χ3n) is 2.93. The van der Waals surface area contributed by atoms with E-state index in [0.717, 1.165) is 0 Å². The summed E-state index contributed by atoms with van der Waals surface area (Å²) in [6.07, 6.45) is -0.317. The molecule has 0 atom stereocenters. The monoisotopic (exact) mass is 334 g/mol. The van der Waals surface area contributed by atoms with E-state index in [1.807, 2.05) is 54.5 Å². The van der Waals surface area contributed by atoms with E-state index in [1.54, 1.807) is 12.1 Å². The Balaban J connectivity index is 2.79. The number of hydrogen-bond donors (Lipinski definition) is 0. The molecule has 5 heteroatoms. The van der Waals surface area contributed by atoms with Crippen LogP contribution in [-0.4, -0.2) is 17.8 Å². The van der Waals surface area contributed by atoms with Crippen molar-refractivity contribution in [2.75, 3.05) is 0 Å². The molecule has 0 bridgehead atoms. The zero-order valence-electron chi connectivity index (χ0n) is 15.4. The maximum absolute atomic E-state index is 12.4. The summed E-state index contributed by atoms with van der Waals surface area (Å²) in [5.74, 6) is 1.04. The first kappa shape index (κ1) is 18.2. The molecular formula is C19H26O5. The molecule has 24 heavy (non-hydrogen) atoms. The molecule has 132 valence electrons. The van der Waals surface area contributed by atoms with E-state index < -0.39 is 11.2 Å². The van der Waals surface area contributed by atoms with Crippen LogP contribution in [0.15, 0.2) is 27.4 Å². The number of rotatable bonds is 5. The van der Waals surface area contributed by atoms with Gasteiger partial charge in [0, 0.05) is 0 Å². The standard InChI is InChI=1S/C19H26O5/c1-11(2)21-16-15-13(23-18(20)17(16)22-12(3)4)9-8-10-14(15)24-19(5,6)7/h8-12H,1-7H3. The second kappa shape index (κ2) is 6.75. The highest BCUT2D eigenvalue weighted by atomic mass is 16.5. The zero-order chi connectivity index (χ0) is 18.1. The smallest absolute Gasteiger partial charge is 0.383 e. The Bertz CT molecular complexity index is 766. The third kappa shape index (κ3) is 4.22. The molecule has 0 unspecified atom stereocenters. The van der Waals surface area contributed by atoms with Gasteiger partial charge in [0.2, 0.25) is 5.75 Å². The van der Waals surface area contributed by atoms with Crippen LogP contribution in [0.2, 0.25) is 0 Å². The fraction of sp³-hybridized carbons (Fsp3) is 0.526. The van der Waals surface area contributed by atoms with Gasteiger partial charge in [-0.15, -0.1) is 0 Å². The van der Waals surface area contributed by atoms with Gasteiger partial charge in [-0.1, -0.05) is 6.07 Å². The first-order chi connectivity index (χ1) is 11.1. The van der Waals surface area contributed by atoms with Crippen molar-refractivity contribution in [3.05, 3.63) is 28.6 Å². The molecule has 0 amide bonds.